The zero-order valence-electron chi connectivity index (χ0n) is 18.3. The van der Waals surface area contributed by atoms with Gasteiger partial charge in [0, 0.05) is 54.3 Å². The molecule has 9 nitrogen and oxygen atoms in total. The van der Waals surface area contributed by atoms with Gasteiger partial charge in [0.15, 0.2) is 0 Å². The Morgan fingerprint density at radius 1 is 1.18 bits per heavy atom. The minimum Gasteiger partial charge on any atom is -0.349 e. The summed E-state index contributed by atoms with van der Waals surface area (Å²) in [6.07, 6.45) is 4.21. The first kappa shape index (κ1) is 23.4. The molecule has 0 spiro atoms. The molecule has 0 aliphatic carbocycles. The van der Waals surface area contributed by atoms with Crippen LogP contribution in [0.3, 0.4) is 0 Å². The summed E-state index contributed by atoms with van der Waals surface area (Å²) in [5, 5.41) is 18.3. The van der Waals surface area contributed by atoms with Gasteiger partial charge in [-0.2, -0.15) is 5.10 Å². The number of halogens is 1. The van der Waals surface area contributed by atoms with Crippen LogP contribution in [0.1, 0.15) is 33.6 Å². The van der Waals surface area contributed by atoms with Crippen LogP contribution in [0.15, 0.2) is 64.6 Å². The Kier molecular flexibility index (Phi) is 6.92. The van der Waals surface area contributed by atoms with Crippen LogP contribution < -0.4 is 5.32 Å². The standard InChI is InChI=1S/C23H22FN5O4S/c1-27-14-15(13-25-27)22(30)26-16-8-10-28(11-9-16)23(31)18-12-17(29(32)33)6-7-20(18)34-21-5-3-2-4-19(21)24/h2-7,12-14,16H,8-11H2,1H3,(H,26,30). The number of hydrogen-bond donors (Lipinski definition) is 1. The van der Waals surface area contributed by atoms with Gasteiger partial charge in [-0.05, 0) is 31.0 Å². The van der Waals surface area contributed by atoms with E-state index in [0.29, 0.717) is 41.3 Å². The molecule has 3 aromatic rings. The summed E-state index contributed by atoms with van der Waals surface area (Å²) in [6.45, 7) is 0.757. The van der Waals surface area contributed by atoms with Crippen molar-refractivity contribution in [3.05, 3.63) is 81.9 Å². The smallest absolute Gasteiger partial charge is 0.270 e. The topological polar surface area (TPSA) is 110 Å². The maximum absolute atomic E-state index is 14.2. The van der Waals surface area contributed by atoms with Crippen molar-refractivity contribution >= 4 is 29.3 Å². The number of piperidine rings is 1. The summed E-state index contributed by atoms with van der Waals surface area (Å²) in [5.74, 6) is -1.02. The highest BCUT2D eigenvalue weighted by Gasteiger charge is 2.28. The number of non-ortho nitro benzene ring substituents is 1. The average molecular weight is 484 g/mol. The van der Waals surface area contributed by atoms with Gasteiger partial charge in [0.2, 0.25) is 0 Å². The fraction of sp³-hybridized carbons (Fsp3) is 0.261. The Morgan fingerprint density at radius 2 is 1.91 bits per heavy atom. The number of nitrogens with one attached hydrogen (secondary N) is 1. The minimum atomic E-state index is -0.561. The summed E-state index contributed by atoms with van der Waals surface area (Å²) in [4.78, 5) is 38.8. The number of nitro groups is 1. The molecule has 1 aliphatic rings. The number of amides is 2. The molecular formula is C23H22FN5O4S. The first-order valence-corrected chi connectivity index (χ1v) is 11.4. The van der Waals surface area contributed by atoms with Gasteiger partial charge in [-0.15, -0.1) is 0 Å². The van der Waals surface area contributed by atoms with Crippen LogP contribution in [-0.4, -0.2) is 50.5 Å². The second kappa shape index (κ2) is 10.0. The molecule has 4 rings (SSSR count). The summed E-state index contributed by atoms with van der Waals surface area (Å²) < 4.78 is 15.7. The van der Waals surface area contributed by atoms with Gasteiger partial charge in [-0.1, -0.05) is 23.9 Å². The highest BCUT2D eigenvalue weighted by Crippen LogP contribution is 2.35. The molecule has 2 heterocycles. The van der Waals surface area contributed by atoms with Gasteiger partial charge in [-0.3, -0.25) is 24.4 Å². The second-order valence-corrected chi connectivity index (χ2v) is 9.00. The minimum absolute atomic E-state index is 0.103. The molecule has 1 N–H and O–H groups in total. The molecule has 11 heteroatoms. The molecule has 1 fully saturated rings. The molecule has 0 saturated carbocycles. The Morgan fingerprint density at radius 3 is 2.56 bits per heavy atom. The molecule has 1 aliphatic heterocycles. The fourth-order valence-electron chi connectivity index (χ4n) is 3.74. The lowest BCUT2D eigenvalue weighted by Gasteiger charge is -2.32. The van der Waals surface area contributed by atoms with Crippen molar-refractivity contribution in [3.63, 3.8) is 0 Å². The first-order chi connectivity index (χ1) is 16.3. The van der Waals surface area contributed by atoms with Crippen molar-refractivity contribution in [1.29, 1.82) is 0 Å². The number of nitrogens with zero attached hydrogens (tertiary/aromatic N) is 4. The molecule has 0 bridgehead atoms. The zero-order valence-corrected chi connectivity index (χ0v) is 19.1. The number of rotatable bonds is 6. The van der Waals surface area contributed by atoms with Gasteiger partial charge < -0.3 is 10.2 Å². The van der Waals surface area contributed by atoms with Crippen molar-refractivity contribution in [2.45, 2.75) is 28.7 Å². The number of carbonyl (C=O) groups excluding carboxylic acids is 2. The quantitative estimate of drug-likeness (QED) is 0.423. The van der Waals surface area contributed by atoms with Crippen molar-refractivity contribution in [2.75, 3.05) is 13.1 Å². The van der Waals surface area contributed by atoms with Crippen LogP contribution in [0, 0.1) is 15.9 Å². The molecule has 0 atom stereocenters. The lowest BCUT2D eigenvalue weighted by atomic mass is 10.0. The van der Waals surface area contributed by atoms with Crippen LogP contribution in [-0.2, 0) is 7.05 Å². The number of aromatic nitrogens is 2. The number of aryl methyl sites for hydroxylation is 1. The third kappa shape index (κ3) is 5.25. The van der Waals surface area contributed by atoms with E-state index in [9.17, 15) is 24.1 Å². The molecule has 34 heavy (non-hydrogen) atoms. The Hall–Kier alpha value is -3.73. The molecule has 1 saturated heterocycles. The summed E-state index contributed by atoms with van der Waals surface area (Å²) >= 11 is 1.05. The summed E-state index contributed by atoms with van der Waals surface area (Å²) in [6, 6.07) is 10.1. The number of benzene rings is 2. The van der Waals surface area contributed by atoms with Crippen molar-refractivity contribution in [2.24, 2.45) is 7.05 Å². The lowest BCUT2D eigenvalue weighted by Crippen LogP contribution is -2.46. The average Bonchev–Trinajstić information content (AvgIpc) is 3.27. The normalized spacial score (nSPS) is 14.1. The maximum Gasteiger partial charge on any atom is 0.270 e. The van der Waals surface area contributed by atoms with Gasteiger partial charge >= 0.3 is 0 Å². The third-order valence-corrected chi connectivity index (χ3v) is 6.67. The van der Waals surface area contributed by atoms with E-state index in [1.54, 1.807) is 41.0 Å². The second-order valence-electron chi connectivity index (χ2n) is 7.91. The highest BCUT2D eigenvalue weighted by atomic mass is 32.2. The zero-order chi connectivity index (χ0) is 24.2. The predicted octanol–water partition coefficient (Wildman–Crippen LogP) is 3.65. The number of carbonyl (C=O) groups is 2. The van der Waals surface area contributed by atoms with Crippen LogP contribution in [0.4, 0.5) is 10.1 Å². The Labute approximate surface area is 199 Å². The monoisotopic (exact) mass is 483 g/mol. The van der Waals surface area contributed by atoms with E-state index in [1.807, 2.05) is 0 Å². The first-order valence-electron chi connectivity index (χ1n) is 10.6. The van der Waals surface area contributed by atoms with Crippen LogP contribution in [0.25, 0.3) is 0 Å². The van der Waals surface area contributed by atoms with E-state index >= 15 is 0 Å². The van der Waals surface area contributed by atoms with E-state index in [1.165, 1.54) is 30.5 Å². The van der Waals surface area contributed by atoms with E-state index in [4.69, 9.17) is 0 Å². The van der Waals surface area contributed by atoms with Gasteiger partial charge in [0.25, 0.3) is 17.5 Å². The summed E-state index contributed by atoms with van der Waals surface area (Å²) in [5.41, 5.74) is 0.410. The summed E-state index contributed by atoms with van der Waals surface area (Å²) in [7, 11) is 1.73. The molecule has 0 unspecified atom stereocenters. The van der Waals surface area contributed by atoms with Gasteiger partial charge in [-0.25, -0.2) is 4.39 Å². The fourth-order valence-corrected chi connectivity index (χ4v) is 4.68. The molecule has 2 amide bonds. The van der Waals surface area contributed by atoms with Gasteiger partial charge in [0.05, 0.1) is 22.2 Å². The van der Waals surface area contributed by atoms with Crippen molar-refractivity contribution < 1.29 is 18.9 Å². The van der Waals surface area contributed by atoms with E-state index in [0.717, 1.165) is 11.8 Å². The maximum atomic E-state index is 14.2. The van der Waals surface area contributed by atoms with Gasteiger partial charge in [0.1, 0.15) is 5.82 Å². The third-order valence-electron chi connectivity index (χ3n) is 5.55. The largest absolute Gasteiger partial charge is 0.349 e. The van der Waals surface area contributed by atoms with E-state index in [-0.39, 0.29) is 29.1 Å². The highest BCUT2D eigenvalue weighted by molar-refractivity contribution is 7.99. The van der Waals surface area contributed by atoms with E-state index in [2.05, 4.69) is 10.4 Å². The van der Waals surface area contributed by atoms with Crippen LogP contribution in [0.2, 0.25) is 0 Å². The predicted molar refractivity (Wildman–Crippen MR) is 123 cm³/mol. The molecule has 2 aromatic carbocycles. The number of hydrogen-bond acceptors (Lipinski definition) is 6. The number of nitro benzene ring substituents is 1. The van der Waals surface area contributed by atoms with Crippen LogP contribution in [0.5, 0.6) is 0 Å². The van der Waals surface area contributed by atoms with Crippen molar-refractivity contribution in [1.82, 2.24) is 20.0 Å². The Balaban J connectivity index is 1.47. The Bertz CT molecular complexity index is 1240. The molecule has 176 valence electrons. The van der Waals surface area contributed by atoms with E-state index < -0.39 is 10.7 Å². The molecular weight excluding hydrogens is 461 g/mol. The molecule has 1 aromatic heterocycles. The molecule has 0 radical (unpaired) electrons. The van der Waals surface area contributed by atoms with Crippen molar-refractivity contribution in [3.8, 4) is 0 Å². The lowest BCUT2D eigenvalue weighted by molar-refractivity contribution is -0.384. The SMILES string of the molecule is Cn1cc(C(=O)NC2CCN(C(=O)c3cc([N+](=O)[O-])ccc3Sc3ccccc3F)CC2)cn1. The van der Waals surface area contributed by atoms with Crippen LogP contribution >= 0.6 is 11.8 Å². The number of likely N-dealkylation sites (tertiary alicyclic amines) is 1.